The van der Waals surface area contributed by atoms with Gasteiger partial charge in [0.2, 0.25) is 0 Å². The number of rotatable bonds is 6. The average molecular weight is 458 g/mol. The number of halogens is 3. The zero-order valence-corrected chi connectivity index (χ0v) is 18.0. The molecule has 1 fully saturated rings. The van der Waals surface area contributed by atoms with Gasteiger partial charge in [-0.05, 0) is 55.3 Å². The fraction of sp³-hybridized carbons (Fsp3) is 0.381. The van der Waals surface area contributed by atoms with Gasteiger partial charge in [0.05, 0.1) is 11.5 Å². The summed E-state index contributed by atoms with van der Waals surface area (Å²) >= 11 is 5.87. The Kier molecular flexibility index (Phi) is 6.67. The number of amides is 1. The van der Waals surface area contributed by atoms with E-state index in [0.717, 1.165) is 24.6 Å². The lowest BCUT2D eigenvalue weighted by atomic mass is 9.96. The molecule has 0 N–H and O–H groups in total. The third-order valence-corrected chi connectivity index (χ3v) is 8.00. The van der Waals surface area contributed by atoms with Crippen molar-refractivity contribution in [3.63, 3.8) is 0 Å². The van der Waals surface area contributed by atoms with E-state index in [1.54, 1.807) is 0 Å². The van der Waals surface area contributed by atoms with Crippen LogP contribution in [0.15, 0.2) is 47.4 Å². The van der Waals surface area contributed by atoms with Crippen molar-refractivity contribution in [2.75, 3.05) is 19.7 Å². The molecule has 1 atom stereocenters. The lowest BCUT2D eigenvalue weighted by Gasteiger charge is -2.30. The largest absolute Gasteiger partial charge is 0.449 e. The normalized spacial score (nSPS) is 19.1. The van der Waals surface area contributed by atoms with Gasteiger partial charge in [-0.15, -0.1) is 0 Å². The van der Waals surface area contributed by atoms with Gasteiger partial charge in [-0.25, -0.2) is 22.0 Å². The maximum absolute atomic E-state index is 14.8. The van der Waals surface area contributed by atoms with Gasteiger partial charge < -0.3 is 9.64 Å². The van der Waals surface area contributed by atoms with Crippen molar-refractivity contribution in [3.8, 4) is 0 Å². The molecule has 0 saturated carbocycles. The molecule has 30 heavy (non-hydrogen) atoms. The summed E-state index contributed by atoms with van der Waals surface area (Å²) in [4.78, 5) is 13.6. The second-order valence-electron chi connectivity index (χ2n) is 7.22. The number of likely N-dealkylation sites (tertiary alicyclic amines) is 1. The Hall–Kier alpha value is -2.19. The number of carbonyl (C=O) groups is 1. The molecule has 0 spiro atoms. The molecule has 1 heterocycles. The van der Waals surface area contributed by atoms with Gasteiger partial charge in [0.25, 0.3) is 0 Å². The third kappa shape index (κ3) is 4.16. The molecule has 3 rings (SSSR count). The number of benzene rings is 2. The van der Waals surface area contributed by atoms with Gasteiger partial charge in [-0.1, -0.05) is 24.9 Å². The van der Waals surface area contributed by atoms with Crippen LogP contribution in [0.4, 0.5) is 13.6 Å². The van der Waals surface area contributed by atoms with Crippen molar-refractivity contribution in [2.45, 2.75) is 35.8 Å². The Bertz CT molecular complexity index is 1030. The van der Waals surface area contributed by atoms with Crippen LogP contribution in [0.2, 0.25) is 5.02 Å². The topological polar surface area (TPSA) is 63.7 Å². The van der Waals surface area contributed by atoms with Crippen LogP contribution in [-0.4, -0.2) is 39.1 Å². The molecule has 2 aromatic carbocycles. The summed E-state index contributed by atoms with van der Waals surface area (Å²) in [6, 6.07) is 8.16. The maximum atomic E-state index is 14.8. The fourth-order valence-electron chi connectivity index (χ4n) is 3.60. The molecule has 2 aromatic rings. The molecule has 1 aliphatic heterocycles. The second kappa shape index (κ2) is 8.89. The number of hydrogen-bond acceptors (Lipinski definition) is 4. The van der Waals surface area contributed by atoms with E-state index >= 15 is 0 Å². The van der Waals surface area contributed by atoms with E-state index in [1.165, 1.54) is 29.2 Å². The van der Waals surface area contributed by atoms with Crippen molar-refractivity contribution in [2.24, 2.45) is 0 Å². The minimum atomic E-state index is -4.22. The number of nitrogens with zero attached hydrogens (tertiary/aromatic N) is 1. The predicted octanol–water partition coefficient (Wildman–Crippen LogP) is 4.93. The van der Waals surface area contributed by atoms with Gasteiger partial charge in [0, 0.05) is 23.7 Å². The Labute approximate surface area is 179 Å². The van der Waals surface area contributed by atoms with Gasteiger partial charge in [-0.3, -0.25) is 0 Å². The van der Waals surface area contributed by atoms with Crippen molar-refractivity contribution in [1.82, 2.24) is 4.90 Å². The smallest absolute Gasteiger partial charge is 0.409 e. The number of hydrogen-bond donors (Lipinski definition) is 0. The van der Waals surface area contributed by atoms with Crippen LogP contribution in [0.5, 0.6) is 0 Å². The van der Waals surface area contributed by atoms with E-state index in [-0.39, 0.29) is 36.6 Å². The van der Waals surface area contributed by atoms with Crippen LogP contribution in [0.3, 0.4) is 0 Å². The first kappa shape index (κ1) is 22.5. The van der Waals surface area contributed by atoms with E-state index in [1.807, 2.05) is 6.92 Å². The number of unbranched alkanes of at least 4 members (excludes halogenated alkanes) is 1. The zero-order valence-electron chi connectivity index (χ0n) is 16.4. The first-order valence-corrected chi connectivity index (χ1v) is 11.4. The summed E-state index contributed by atoms with van der Waals surface area (Å²) in [5.74, 6) is -1.61. The fourth-order valence-corrected chi connectivity index (χ4v) is 5.81. The molecule has 0 radical (unpaired) electrons. The molecule has 0 aliphatic carbocycles. The molecular weight excluding hydrogens is 436 g/mol. The van der Waals surface area contributed by atoms with Gasteiger partial charge in [-0.2, -0.15) is 0 Å². The lowest BCUT2D eigenvalue weighted by Crippen LogP contribution is -2.41. The van der Waals surface area contributed by atoms with Crippen LogP contribution in [0.25, 0.3) is 0 Å². The summed E-state index contributed by atoms with van der Waals surface area (Å²) in [6.07, 6.45) is 0.734. The van der Waals surface area contributed by atoms with Gasteiger partial charge in [0.1, 0.15) is 16.4 Å². The third-order valence-electron chi connectivity index (χ3n) is 5.27. The first-order chi connectivity index (χ1) is 14.2. The molecule has 1 aliphatic rings. The van der Waals surface area contributed by atoms with Crippen LogP contribution in [0.1, 0.15) is 31.7 Å². The van der Waals surface area contributed by atoms with Gasteiger partial charge in [0.15, 0.2) is 9.84 Å². The molecular formula is C21H22ClF2NO4S. The zero-order chi connectivity index (χ0) is 21.9. The molecule has 1 saturated heterocycles. The number of sulfone groups is 1. The molecule has 5 nitrogen and oxygen atoms in total. The molecule has 0 aromatic heterocycles. The van der Waals surface area contributed by atoms with Crippen molar-refractivity contribution in [3.05, 3.63) is 64.7 Å². The molecule has 0 bridgehead atoms. The van der Waals surface area contributed by atoms with E-state index < -0.39 is 32.3 Å². The SMILES string of the molecule is CCCCOC(=O)N1CCC(c2cc(F)ccc2F)(S(=O)(=O)c2ccc(Cl)cc2)C1. The highest BCUT2D eigenvalue weighted by molar-refractivity contribution is 7.92. The van der Waals surface area contributed by atoms with Crippen molar-refractivity contribution in [1.29, 1.82) is 0 Å². The Morgan fingerprint density at radius 2 is 1.90 bits per heavy atom. The molecule has 162 valence electrons. The molecule has 1 amide bonds. The second-order valence-corrected chi connectivity index (χ2v) is 9.91. The van der Waals surface area contributed by atoms with E-state index in [9.17, 15) is 22.0 Å². The monoisotopic (exact) mass is 457 g/mol. The number of carbonyl (C=O) groups excluding carboxylic acids is 1. The van der Waals surface area contributed by atoms with Crippen LogP contribution >= 0.6 is 11.6 Å². The standard InChI is InChI=1S/C21H22ClF2NO4S/c1-2-3-12-29-20(26)25-11-10-21(14-25,18-13-16(23)6-9-19(18)24)30(27,28)17-7-4-15(22)5-8-17/h4-9,13H,2-3,10-12,14H2,1H3. The summed E-state index contributed by atoms with van der Waals surface area (Å²) in [5.41, 5.74) is -0.304. The van der Waals surface area contributed by atoms with Crippen LogP contribution in [0, 0.1) is 11.6 Å². The minimum Gasteiger partial charge on any atom is -0.449 e. The lowest BCUT2D eigenvalue weighted by molar-refractivity contribution is 0.108. The highest BCUT2D eigenvalue weighted by Gasteiger charge is 2.53. The quantitative estimate of drug-likeness (QED) is 0.577. The predicted molar refractivity (Wildman–Crippen MR) is 109 cm³/mol. The first-order valence-electron chi connectivity index (χ1n) is 9.59. The number of ether oxygens (including phenoxy) is 1. The summed E-state index contributed by atoms with van der Waals surface area (Å²) < 4.78 is 59.4. The summed E-state index contributed by atoms with van der Waals surface area (Å²) in [5, 5.41) is 0.340. The van der Waals surface area contributed by atoms with Crippen molar-refractivity contribution >= 4 is 27.5 Å². The summed E-state index contributed by atoms with van der Waals surface area (Å²) in [7, 11) is -4.22. The Balaban J connectivity index is 2.06. The molecule has 1 unspecified atom stereocenters. The highest BCUT2D eigenvalue weighted by Crippen LogP contribution is 2.44. The van der Waals surface area contributed by atoms with E-state index in [2.05, 4.69) is 0 Å². The van der Waals surface area contributed by atoms with Crippen LogP contribution in [-0.2, 0) is 19.3 Å². The maximum Gasteiger partial charge on any atom is 0.409 e. The van der Waals surface area contributed by atoms with Crippen molar-refractivity contribution < 1.29 is 26.7 Å². The van der Waals surface area contributed by atoms with Crippen LogP contribution < -0.4 is 0 Å². The minimum absolute atomic E-state index is 0.0354. The highest BCUT2D eigenvalue weighted by atomic mass is 35.5. The van der Waals surface area contributed by atoms with E-state index in [0.29, 0.717) is 11.4 Å². The Morgan fingerprint density at radius 1 is 1.20 bits per heavy atom. The summed E-state index contributed by atoms with van der Waals surface area (Å²) in [6.45, 7) is 1.84. The Morgan fingerprint density at radius 3 is 2.57 bits per heavy atom. The van der Waals surface area contributed by atoms with E-state index in [4.69, 9.17) is 16.3 Å². The van der Waals surface area contributed by atoms with Gasteiger partial charge >= 0.3 is 6.09 Å². The average Bonchev–Trinajstić information content (AvgIpc) is 3.17. The molecule has 9 heteroatoms.